The van der Waals surface area contributed by atoms with Crippen LogP contribution in [0, 0.1) is 29.6 Å². The van der Waals surface area contributed by atoms with E-state index in [0.717, 1.165) is 18.8 Å². The van der Waals surface area contributed by atoms with E-state index < -0.39 is 6.29 Å². The second-order valence-corrected chi connectivity index (χ2v) is 9.45. The van der Waals surface area contributed by atoms with Crippen molar-refractivity contribution in [2.75, 3.05) is 39.6 Å². The first-order valence-electron chi connectivity index (χ1n) is 12.1. The molecule has 2 saturated carbocycles. The molecule has 1 heterocycles. The Bertz CT molecular complexity index is 595. The van der Waals surface area contributed by atoms with Gasteiger partial charge in [0.15, 0.2) is 5.76 Å². The smallest absolute Gasteiger partial charge is 0.286 e. The van der Waals surface area contributed by atoms with E-state index in [1.54, 1.807) is 0 Å². The van der Waals surface area contributed by atoms with Crippen LogP contribution in [0.15, 0.2) is 11.8 Å². The van der Waals surface area contributed by atoms with Gasteiger partial charge >= 0.3 is 0 Å². The Hall–Kier alpha value is -1.15. The number of fused-ring (bicyclic) bond motifs is 2. The summed E-state index contributed by atoms with van der Waals surface area (Å²) in [5.41, 5.74) is 0. The maximum atomic E-state index is 13.0. The second kappa shape index (κ2) is 12.2. The SMILES string of the molecule is CCO[C@@H]1OC(C(=O)NC2CC3CCC2C3)=C[C@H](C(C)C)[C@H]1CCOCCOCCO. The molecule has 2 aliphatic carbocycles. The zero-order valence-electron chi connectivity index (χ0n) is 19.4. The lowest BCUT2D eigenvalue weighted by molar-refractivity contribution is -0.177. The third-order valence-corrected chi connectivity index (χ3v) is 7.01. The van der Waals surface area contributed by atoms with Gasteiger partial charge in [-0.3, -0.25) is 4.79 Å². The molecule has 1 amide bonds. The summed E-state index contributed by atoms with van der Waals surface area (Å²) in [5.74, 6) is 2.40. The first-order valence-corrected chi connectivity index (χ1v) is 12.1. The molecule has 0 aromatic rings. The van der Waals surface area contributed by atoms with E-state index in [4.69, 9.17) is 24.1 Å². The molecule has 178 valence electrons. The minimum atomic E-state index is -0.447. The Morgan fingerprint density at radius 3 is 2.58 bits per heavy atom. The predicted octanol–water partition coefficient (Wildman–Crippen LogP) is 2.87. The van der Waals surface area contributed by atoms with Crippen LogP contribution in [0.5, 0.6) is 0 Å². The molecule has 1 aliphatic heterocycles. The van der Waals surface area contributed by atoms with Crippen LogP contribution in [0.2, 0.25) is 0 Å². The van der Waals surface area contributed by atoms with E-state index in [-0.39, 0.29) is 30.4 Å². The summed E-state index contributed by atoms with van der Waals surface area (Å²) >= 11 is 0. The van der Waals surface area contributed by atoms with Gasteiger partial charge in [-0.15, -0.1) is 0 Å². The molecule has 2 fully saturated rings. The Kier molecular flexibility index (Phi) is 9.63. The van der Waals surface area contributed by atoms with Crippen LogP contribution in [0.25, 0.3) is 0 Å². The Morgan fingerprint density at radius 1 is 1.19 bits per heavy atom. The van der Waals surface area contributed by atoms with Crippen LogP contribution in [0.3, 0.4) is 0 Å². The molecule has 7 nitrogen and oxygen atoms in total. The van der Waals surface area contributed by atoms with Gasteiger partial charge in [-0.25, -0.2) is 0 Å². The normalized spacial score (nSPS) is 32.2. The second-order valence-electron chi connectivity index (χ2n) is 9.45. The van der Waals surface area contributed by atoms with Crippen LogP contribution in [-0.2, 0) is 23.7 Å². The van der Waals surface area contributed by atoms with Crippen molar-refractivity contribution in [1.82, 2.24) is 5.32 Å². The van der Waals surface area contributed by atoms with Crippen molar-refractivity contribution in [1.29, 1.82) is 0 Å². The Balaban J connectivity index is 1.57. The highest BCUT2D eigenvalue weighted by molar-refractivity contribution is 5.91. The quantitative estimate of drug-likeness (QED) is 0.429. The molecule has 2 bridgehead atoms. The van der Waals surface area contributed by atoms with Gasteiger partial charge < -0.3 is 29.4 Å². The first kappa shape index (κ1) is 24.5. The molecule has 0 saturated heterocycles. The van der Waals surface area contributed by atoms with Crippen molar-refractivity contribution in [2.24, 2.45) is 29.6 Å². The lowest BCUT2D eigenvalue weighted by Gasteiger charge is -2.38. The van der Waals surface area contributed by atoms with Crippen LogP contribution in [-0.4, -0.2) is 63.0 Å². The molecule has 0 radical (unpaired) electrons. The lowest BCUT2D eigenvalue weighted by atomic mass is 9.79. The van der Waals surface area contributed by atoms with E-state index in [0.29, 0.717) is 50.6 Å². The molecule has 0 aromatic heterocycles. The third-order valence-electron chi connectivity index (χ3n) is 7.01. The van der Waals surface area contributed by atoms with E-state index in [2.05, 4.69) is 19.2 Å². The Labute approximate surface area is 186 Å². The number of amides is 1. The summed E-state index contributed by atoms with van der Waals surface area (Å²) in [5, 5.41) is 12.0. The van der Waals surface area contributed by atoms with Crippen molar-refractivity contribution in [2.45, 2.75) is 65.2 Å². The minimum absolute atomic E-state index is 0.0236. The van der Waals surface area contributed by atoms with Gasteiger partial charge in [0, 0.05) is 25.2 Å². The highest BCUT2D eigenvalue weighted by atomic mass is 16.7. The van der Waals surface area contributed by atoms with Gasteiger partial charge in [-0.2, -0.15) is 0 Å². The minimum Gasteiger partial charge on any atom is -0.459 e. The molecule has 3 unspecified atom stereocenters. The van der Waals surface area contributed by atoms with Crippen LogP contribution >= 0.6 is 0 Å². The molecule has 6 atom stereocenters. The molecule has 3 rings (SSSR count). The van der Waals surface area contributed by atoms with Gasteiger partial charge in [0.25, 0.3) is 5.91 Å². The van der Waals surface area contributed by atoms with E-state index in [1.165, 1.54) is 19.3 Å². The fourth-order valence-corrected chi connectivity index (χ4v) is 5.47. The summed E-state index contributed by atoms with van der Waals surface area (Å²) < 4.78 is 23.0. The summed E-state index contributed by atoms with van der Waals surface area (Å²) in [7, 11) is 0. The molecule has 0 spiro atoms. The molecule has 3 aliphatic rings. The van der Waals surface area contributed by atoms with Crippen molar-refractivity contribution in [3.63, 3.8) is 0 Å². The van der Waals surface area contributed by atoms with E-state index in [1.807, 2.05) is 13.0 Å². The molecule has 31 heavy (non-hydrogen) atoms. The predicted molar refractivity (Wildman–Crippen MR) is 117 cm³/mol. The highest BCUT2D eigenvalue weighted by Crippen LogP contribution is 2.44. The number of carbonyl (C=O) groups excluding carboxylic acids is 1. The number of allylic oxidation sites excluding steroid dienone is 1. The summed E-state index contributed by atoms with van der Waals surface area (Å²) in [6.45, 7) is 8.73. The van der Waals surface area contributed by atoms with Crippen LogP contribution in [0.1, 0.15) is 52.9 Å². The Morgan fingerprint density at radius 2 is 1.97 bits per heavy atom. The van der Waals surface area contributed by atoms with Gasteiger partial charge in [-0.05, 0) is 62.4 Å². The standard InChI is InChI=1S/C24H41NO6/c1-4-30-24-19(7-9-28-11-12-29-10-8-26)20(16(2)3)15-22(31-24)23(27)25-21-14-17-5-6-18(21)13-17/h15-21,24,26H,4-14H2,1-3H3,(H,25,27)/t17?,18?,19-,20-,21?,24-/m1/s1. The van der Waals surface area contributed by atoms with Gasteiger partial charge in [0.1, 0.15) is 0 Å². The molecule has 7 heteroatoms. The monoisotopic (exact) mass is 439 g/mol. The average molecular weight is 440 g/mol. The topological polar surface area (TPSA) is 86.3 Å². The van der Waals surface area contributed by atoms with Gasteiger partial charge in [-0.1, -0.05) is 20.3 Å². The third kappa shape index (κ3) is 6.67. The summed E-state index contributed by atoms with van der Waals surface area (Å²) in [6, 6.07) is 0.290. The van der Waals surface area contributed by atoms with Gasteiger partial charge in [0.05, 0.1) is 26.4 Å². The van der Waals surface area contributed by atoms with Crippen molar-refractivity contribution < 1.29 is 28.8 Å². The number of aliphatic hydroxyl groups excluding tert-OH is 1. The number of rotatable bonds is 13. The maximum absolute atomic E-state index is 13.0. The molecular weight excluding hydrogens is 398 g/mol. The molecule has 2 N–H and O–H groups in total. The molecular formula is C24H41NO6. The first-order chi connectivity index (χ1) is 15.0. The highest BCUT2D eigenvalue weighted by Gasteiger charge is 2.42. The van der Waals surface area contributed by atoms with Crippen LogP contribution in [0.4, 0.5) is 0 Å². The zero-order valence-corrected chi connectivity index (χ0v) is 19.4. The van der Waals surface area contributed by atoms with E-state index in [9.17, 15) is 4.79 Å². The number of nitrogens with one attached hydrogen (secondary N) is 1. The fourth-order valence-electron chi connectivity index (χ4n) is 5.47. The number of hydrogen-bond acceptors (Lipinski definition) is 6. The van der Waals surface area contributed by atoms with E-state index >= 15 is 0 Å². The number of aliphatic hydroxyl groups is 1. The zero-order chi connectivity index (χ0) is 22.2. The number of hydrogen-bond donors (Lipinski definition) is 2. The van der Waals surface area contributed by atoms with Gasteiger partial charge in [0.2, 0.25) is 6.29 Å². The van der Waals surface area contributed by atoms with Crippen LogP contribution < -0.4 is 5.32 Å². The lowest BCUT2D eigenvalue weighted by Crippen LogP contribution is -2.44. The van der Waals surface area contributed by atoms with Crippen molar-refractivity contribution in [3.05, 3.63) is 11.8 Å². The summed E-state index contributed by atoms with van der Waals surface area (Å²) in [6.07, 6.45) is 7.26. The maximum Gasteiger partial charge on any atom is 0.286 e. The largest absolute Gasteiger partial charge is 0.459 e. The fraction of sp³-hybridized carbons (Fsp3) is 0.875. The number of carbonyl (C=O) groups is 1. The molecule has 0 aromatic carbocycles. The average Bonchev–Trinajstić information content (AvgIpc) is 3.37. The summed E-state index contributed by atoms with van der Waals surface area (Å²) in [4.78, 5) is 13.0. The van der Waals surface area contributed by atoms with Crippen molar-refractivity contribution in [3.8, 4) is 0 Å². The number of ether oxygens (including phenoxy) is 4. The van der Waals surface area contributed by atoms with Crippen molar-refractivity contribution >= 4 is 5.91 Å².